The highest BCUT2D eigenvalue weighted by Gasteiger charge is 2.35. The molecule has 2 fully saturated rings. The van der Waals surface area contributed by atoms with Gasteiger partial charge in [0.05, 0.1) is 0 Å². The molecule has 2 saturated carbocycles. The van der Waals surface area contributed by atoms with Crippen molar-refractivity contribution in [1.82, 2.24) is 0 Å². The lowest BCUT2D eigenvalue weighted by atomic mass is 9.68. The lowest BCUT2D eigenvalue weighted by molar-refractivity contribution is -0.276. The van der Waals surface area contributed by atoms with Crippen molar-refractivity contribution in [3.8, 4) is 5.75 Å². The van der Waals surface area contributed by atoms with Crippen LogP contribution in [0.4, 0.5) is 22.0 Å². The highest BCUT2D eigenvalue weighted by molar-refractivity contribution is 5.33. The van der Waals surface area contributed by atoms with Crippen LogP contribution >= 0.6 is 0 Å². The lowest BCUT2D eigenvalue weighted by Gasteiger charge is -2.37. The van der Waals surface area contributed by atoms with E-state index in [1.807, 2.05) is 0 Å². The molecule has 0 unspecified atom stereocenters. The molecule has 0 amide bonds. The van der Waals surface area contributed by atoms with Crippen LogP contribution in [0, 0.1) is 29.4 Å². The van der Waals surface area contributed by atoms with E-state index in [1.54, 1.807) is 0 Å². The molecule has 1 aromatic carbocycles. The summed E-state index contributed by atoms with van der Waals surface area (Å²) in [4.78, 5) is 0. The molecular formula is C22H27F5O. The molecule has 0 radical (unpaired) electrons. The van der Waals surface area contributed by atoms with Gasteiger partial charge in [-0.15, -0.1) is 13.2 Å². The SMILES string of the molecule is C/C=C/[C@H]1CC[C@H]([C@H]2CC[C@H](c3cc(F)c(OC(F)(F)F)c(F)c3)CC2)CC1. The van der Waals surface area contributed by atoms with Crippen LogP contribution in [0.5, 0.6) is 5.75 Å². The Kier molecular flexibility index (Phi) is 6.66. The van der Waals surface area contributed by atoms with Crippen molar-refractivity contribution < 1.29 is 26.7 Å². The summed E-state index contributed by atoms with van der Waals surface area (Å²) in [5.74, 6) is -1.92. The van der Waals surface area contributed by atoms with Crippen LogP contribution in [0.15, 0.2) is 24.3 Å². The quantitative estimate of drug-likeness (QED) is 0.374. The van der Waals surface area contributed by atoms with Gasteiger partial charge in [-0.2, -0.15) is 0 Å². The second kappa shape index (κ2) is 8.83. The first-order valence-electron chi connectivity index (χ1n) is 10.1. The first kappa shape index (κ1) is 21.1. The van der Waals surface area contributed by atoms with Crippen LogP contribution in [0.25, 0.3) is 0 Å². The van der Waals surface area contributed by atoms with Crippen LogP contribution in [0.1, 0.15) is 69.8 Å². The van der Waals surface area contributed by atoms with E-state index in [0.717, 1.165) is 43.7 Å². The third kappa shape index (κ3) is 5.26. The average Bonchev–Trinajstić information content (AvgIpc) is 2.65. The third-order valence-electron chi connectivity index (χ3n) is 6.43. The maximum atomic E-state index is 14.0. The second-order valence-electron chi connectivity index (χ2n) is 8.17. The molecule has 0 bridgehead atoms. The molecule has 6 heteroatoms. The van der Waals surface area contributed by atoms with Gasteiger partial charge >= 0.3 is 6.36 Å². The van der Waals surface area contributed by atoms with E-state index in [1.165, 1.54) is 25.7 Å². The molecule has 156 valence electrons. The van der Waals surface area contributed by atoms with Crippen molar-refractivity contribution in [2.24, 2.45) is 17.8 Å². The molecule has 0 saturated heterocycles. The Bertz CT molecular complexity index is 658. The lowest BCUT2D eigenvalue weighted by Crippen LogP contribution is -2.25. The number of halogens is 5. The van der Waals surface area contributed by atoms with Gasteiger partial charge < -0.3 is 4.74 Å². The van der Waals surface area contributed by atoms with Crippen molar-refractivity contribution in [2.75, 3.05) is 0 Å². The zero-order chi connectivity index (χ0) is 20.3. The van der Waals surface area contributed by atoms with Gasteiger partial charge in [0.15, 0.2) is 11.6 Å². The monoisotopic (exact) mass is 402 g/mol. The van der Waals surface area contributed by atoms with Gasteiger partial charge in [-0.3, -0.25) is 0 Å². The number of alkyl halides is 3. The zero-order valence-corrected chi connectivity index (χ0v) is 16.1. The van der Waals surface area contributed by atoms with E-state index in [4.69, 9.17) is 0 Å². The summed E-state index contributed by atoms with van der Waals surface area (Å²) in [6.45, 7) is 2.06. The summed E-state index contributed by atoms with van der Waals surface area (Å²) < 4.78 is 68.3. The van der Waals surface area contributed by atoms with Gasteiger partial charge in [0.2, 0.25) is 5.75 Å². The maximum Gasteiger partial charge on any atom is 0.573 e. The Hall–Kier alpha value is -1.59. The first-order valence-corrected chi connectivity index (χ1v) is 10.1. The highest BCUT2D eigenvalue weighted by Crippen LogP contribution is 2.44. The van der Waals surface area contributed by atoms with Gasteiger partial charge in [-0.1, -0.05) is 12.2 Å². The number of hydrogen-bond donors (Lipinski definition) is 0. The van der Waals surface area contributed by atoms with E-state index in [0.29, 0.717) is 17.4 Å². The van der Waals surface area contributed by atoms with Crippen LogP contribution in [0.3, 0.4) is 0 Å². The van der Waals surface area contributed by atoms with E-state index in [2.05, 4.69) is 23.8 Å². The number of ether oxygens (including phenoxy) is 1. The fourth-order valence-corrected chi connectivity index (χ4v) is 5.03. The number of rotatable bonds is 4. The van der Waals surface area contributed by atoms with E-state index in [-0.39, 0.29) is 5.92 Å². The molecule has 3 rings (SSSR count). The Morgan fingerprint density at radius 1 is 0.857 bits per heavy atom. The normalized spacial score (nSPS) is 29.2. The Morgan fingerprint density at radius 2 is 1.36 bits per heavy atom. The third-order valence-corrected chi connectivity index (χ3v) is 6.43. The molecule has 1 aromatic rings. The minimum Gasteiger partial charge on any atom is -0.399 e. The fraction of sp³-hybridized carbons (Fsp3) is 0.636. The van der Waals surface area contributed by atoms with Crippen LogP contribution in [-0.2, 0) is 0 Å². The molecule has 0 aliphatic heterocycles. The van der Waals surface area contributed by atoms with Crippen molar-refractivity contribution in [1.29, 1.82) is 0 Å². The highest BCUT2D eigenvalue weighted by atomic mass is 19.4. The molecule has 0 atom stereocenters. The summed E-state index contributed by atoms with van der Waals surface area (Å²) in [5.41, 5.74) is 0.430. The molecule has 0 spiro atoms. The topological polar surface area (TPSA) is 9.23 Å². The van der Waals surface area contributed by atoms with E-state index < -0.39 is 23.7 Å². The summed E-state index contributed by atoms with van der Waals surface area (Å²) in [7, 11) is 0. The number of benzene rings is 1. The Morgan fingerprint density at radius 3 is 1.82 bits per heavy atom. The first-order chi connectivity index (χ1) is 13.3. The predicted octanol–water partition coefficient (Wildman–Crippen LogP) is 7.52. The summed E-state index contributed by atoms with van der Waals surface area (Å²) >= 11 is 0. The van der Waals surface area contributed by atoms with E-state index in [9.17, 15) is 22.0 Å². The van der Waals surface area contributed by atoms with Crippen molar-refractivity contribution >= 4 is 0 Å². The molecular weight excluding hydrogens is 375 g/mol. The van der Waals surface area contributed by atoms with Crippen LogP contribution < -0.4 is 4.74 Å². The molecule has 2 aliphatic carbocycles. The summed E-state index contributed by atoms with van der Waals surface area (Å²) in [6, 6.07) is 1.99. The standard InChI is InChI=1S/C22H27F5O/c1-2-3-14-4-6-15(7-5-14)16-8-10-17(11-9-16)18-12-19(23)21(20(24)13-18)28-22(25,26)27/h2-3,12-17H,4-11H2,1H3/b3-2+/t14-,15-,16-,17-. The van der Waals surface area contributed by atoms with Crippen molar-refractivity contribution in [2.45, 2.75) is 70.6 Å². The van der Waals surface area contributed by atoms with Crippen molar-refractivity contribution in [3.63, 3.8) is 0 Å². The maximum absolute atomic E-state index is 14.0. The molecule has 2 aliphatic rings. The molecule has 0 N–H and O–H groups in total. The summed E-state index contributed by atoms with van der Waals surface area (Å²) in [6.07, 6.45) is 7.87. The molecule has 28 heavy (non-hydrogen) atoms. The van der Waals surface area contributed by atoms with Crippen LogP contribution in [0.2, 0.25) is 0 Å². The van der Waals surface area contributed by atoms with Crippen molar-refractivity contribution in [3.05, 3.63) is 41.5 Å². The molecule has 1 nitrogen and oxygen atoms in total. The molecule has 0 aromatic heterocycles. The van der Waals surface area contributed by atoms with Crippen LogP contribution in [-0.4, -0.2) is 6.36 Å². The summed E-state index contributed by atoms with van der Waals surface area (Å²) in [5, 5.41) is 0. The van der Waals surface area contributed by atoms with Gasteiger partial charge in [-0.05, 0) is 99.7 Å². The minimum absolute atomic E-state index is 0.0143. The second-order valence-corrected chi connectivity index (χ2v) is 8.17. The number of allylic oxidation sites excluding steroid dienone is 2. The number of hydrogen-bond acceptors (Lipinski definition) is 1. The van der Waals surface area contributed by atoms with Gasteiger partial charge in [0, 0.05) is 0 Å². The van der Waals surface area contributed by atoms with Gasteiger partial charge in [-0.25, -0.2) is 8.78 Å². The zero-order valence-electron chi connectivity index (χ0n) is 16.1. The predicted molar refractivity (Wildman–Crippen MR) is 98.0 cm³/mol. The average molecular weight is 402 g/mol. The minimum atomic E-state index is -5.12. The Labute approximate surface area is 163 Å². The fourth-order valence-electron chi connectivity index (χ4n) is 5.03. The smallest absolute Gasteiger partial charge is 0.399 e. The van der Waals surface area contributed by atoms with E-state index >= 15 is 0 Å². The van der Waals surface area contributed by atoms with Gasteiger partial charge in [0.25, 0.3) is 0 Å². The largest absolute Gasteiger partial charge is 0.573 e. The molecule has 0 heterocycles. The van der Waals surface area contributed by atoms with Gasteiger partial charge in [0.1, 0.15) is 0 Å². The Balaban J connectivity index is 1.58.